The van der Waals surface area contributed by atoms with E-state index >= 15 is 0 Å². The Morgan fingerprint density at radius 2 is 2.17 bits per heavy atom. The van der Waals surface area contributed by atoms with E-state index in [0.717, 1.165) is 47.6 Å². The summed E-state index contributed by atoms with van der Waals surface area (Å²) in [5.74, 6) is 0.893. The van der Waals surface area contributed by atoms with E-state index in [-0.39, 0.29) is 6.54 Å². The molecule has 0 aromatic heterocycles. The van der Waals surface area contributed by atoms with Crippen LogP contribution in [0.3, 0.4) is 0 Å². The van der Waals surface area contributed by atoms with Gasteiger partial charge in [-0.15, -0.1) is 0 Å². The number of halogens is 1. The van der Waals surface area contributed by atoms with Crippen LogP contribution in [0.2, 0.25) is 0 Å². The SMILES string of the molecule is COc1cc(Br)ccc1CNC1CC(N(CC(=O)O)CC2CC2)C1. The molecular weight excluding hydrogens is 372 g/mol. The highest BCUT2D eigenvalue weighted by Crippen LogP contribution is 2.34. The molecule has 132 valence electrons. The third-order valence-electron chi connectivity index (χ3n) is 4.99. The number of ether oxygens (including phenoxy) is 1. The quantitative estimate of drug-likeness (QED) is 0.671. The van der Waals surface area contributed by atoms with Crippen molar-refractivity contribution in [2.24, 2.45) is 5.92 Å². The molecule has 6 heteroatoms. The molecule has 2 aliphatic carbocycles. The number of carboxylic acids is 1. The van der Waals surface area contributed by atoms with Gasteiger partial charge in [0.25, 0.3) is 0 Å². The van der Waals surface area contributed by atoms with Crippen molar-refractivity contribution in [3.63, 3.8) is 0 Å². The molecule has 0 atom stereocenters. The summed E-state index contributed by atoms with van der Waals surface area (Å²) in [5.41, 5.74) is 1.14. The maximum absolute atomic E-state index is 11.1. The second-order valence-electron chi connectivity index (χ2n) is 6.93. The molecule has 2 fully saturated rings. The van der Waals surface area contributed by atoms with Crippen molar-refractivity contribution in [1.29, 1.82) is 0 Å². The van der Waals surface area contributed by atoms with E-state index < -0.39 is 5.97 Å². The first-order valence-corrected chi connectivity index (χ1v) is 9.36. The van der Waals surface area contributed by atoms with Gasteiger partial charge < -0.3 is 15.2 Å². The van der Waals surface area contributed by atoms with E-state index in [1.807, 2.05) is 12.1 Å². The van der Waals surface area contributed by atoms with E-state index in [1.54, 1.807) is 7.11 Å². The number of nitrogens with zero attached hydrogens (tertiary/aromatic N) is 1. The molecule has 24 heavy (non-hydrogen) atoms. The highest BCUT2D eigenvalue weighted by Gasteiger charge is 2.36. The Morgan fingerprint density at radius 1 is 1.42 bits per heavy atom. The van der Waals surface area contributed by atoms with Crippen LogP contribution in [0.1, 0.15) is 31.2 Å². The van der Waals surface area contributed by atoms with Gasteiger partial charge in [0.1, 0.15) is 5.75 Å². The number of hydrogen-bond donors (Lipinski definition) is 2. The Morgan fingerprint density at radius 3 is 2.79 bits per heavy atom. The topological polar surface area (TPSA) is 61.8 Å². The number of methoxy groups -OCH3 is 1. The fraction of sp³-hybridized carbons (Fsp3) is 0.611. The van der Waals surface area contributed by atoms with Crippen molar-refractivity contribution in [1.82, 2.24) is 10.2 Å². The Balaban J connectivity index is 1.46. The molecule has 5 nitrogen and oxygen atoms in total. The van der Waals surface area contributed by atoms with Gasteiger partial charge in [0.05, 0.1) is 13.7 Å². The lowest BCUT2D eigenvalue weighted by Gasteiger charge is -2.43. The van der Waals surface area contributed by atoms with Crippen molar-refractivity contribution in [3.05, 3.63) is 28.2 Å². The Kier molecular flexibility index (Phi) is 5.79. The van der Waals surface area contributed by atoms with Gasteiger partial charge in [0.2, 0.25) is 0 Å². The van der Waals surface area contributed by atoms with E-state index in [9.17, 15) is 4.79 Å². The Labute approximate surface area is 151 Å². The van der Waals surface area contributed by atoms with Crippen LogP contribution in [0, 0.1) is 5.92 Å². The fourth-order valence-electron chi connectivity index (χ4n) is 3.32. The first kappa shape index (κ1) is 17.7. The van der Waals surface area contributed by atoms with Crippen LogP contribution in [-0.2, 0) is 11.3 Å². The molecule has 0 saturated heterocycles. The van der Waals surface area contributed by atoms with Gasteiger partial charge in [-0.3, -0.25) is 9.69 Å². The van der Waals surface area contributed by atoms with Gasteiger partial charge in [-0.05, 0) is 43.7 Å². The summed E-state index contributed by atoms with van der Waals surface area (Å²) in [5, 5.41) is 12.7. The number of hydrogen-bond acceptors (Lipinski definition) is 4. The van der Waals surface area contributed by atoms with Crippen LogP contribution in [0.4, 0.5) is 0 Å². The molecule has 0 amide bonds. The van der Waals surface area contributed by atoms with Gasteiger partial charge >= 0.3 is 5.97 Å². The molecule has 1 aromatic rings. The minimum absolute atomic E-state index is 0.175. The number of rotatable bonds is 9. The average Bonchev–Trinajstić information content (AvgIpc) is 3.30. The maximum atomic E-state index is 11.1. The summed E-state index contributed by atoms with van der Waals surface area (Å²) < 4.78 is 6.43. The molecule has 2 N–H and O–H groups in total. The minimum Gasteiger partial charge on any atom is -0.496 e. The van der Waals surface area contributed by atoms with Crippen LogP contribution in [-0.4, -0.2) is 48.3 Å². The van der Waals surface area contributed by atoms with Crippen LogP contribution in [0.15, 0.2) is 22.7 Å². The van der Waals surface area contributed by atoms with Crippen LogP contribution in [0.25, 0.3) is 0 Å². The average molecular weight is 397 g/mol. The summed E-state index contributed by atoms with van der Waals surface area (Å²) in [7, 11) is 1.69. The normalized spacial score (nSPS) is 23.1. The van der Waals surface area contributed by atoms with Gasteiger partial charge in [0.15, 0.2) is 0 Å². The lowest BCUT2D eigenvalue weighted by atomic mass is 9.85. The summed E-state index contributed by atoms with van der Waals surface area (Å²) in [4.78, 5) is 13.2. The van der Waals surface area contributed by atoms with Crippen LogP contribution < -0.4 is 10.1 Å². The van der Waals surface area contributed by atoms with E-state index in [1.165, 1.54) is 12.8 Å². The summed E-state index contributed by atoms with van der Waals surface area (Å²) in [6, 6.07) is 6.93. The van der Waals surface area contributed by atoms with Gasteiger partial charge in [-0.2, -0.15) is 0 Å². The summed E-state index contributed by atoms with van der Waals surface area (Å²) >= 11 is 3.46. The summed E-state index contributed by atoms with van der Waals surface area (Å²) in [6.07, 6.45) is 4.57. The molecule has 0 radical (unpaired) electrons. The van der Waals surface area contributed by atoms with Crippen molar-refractivity contribution in [3.8, 4) is 5.75 Å². The molecule has 0 heterocycles. The number of carbonyl (C=O) groups is 1. The second kappa shape index (κ2) is 7.85. The zero-order chi connectivity index (χ0) is 17.1. The standard InChI is InChI=1S/C18H25BrN2O3/c1-24-17-6-14(19)5-4-13(17)9-20-15-7-16(8-15)21(11-18(22)23)10-12-2-3-12/h4-6,12,15-16,20H,2-3,7-11H2,1H3,(H,22,23). The molecule has 2 aliphatic rings. The van der Waals surface area contributed by atoms with E-state index in [4.69, 9.17) is 9.84 Å². The van der Waals surface area contributed by atoms with Crippen molar-refractivity contribution in [2.45, 2.75) is 44.3 Å². The second-order valence-corrected chi connectivity index (χ2v) is 7.84. The van der Waals surface area contributed by atoms with Crippen LogP contribution >= 0.6 is 15.9 Å². The number of nitrogens with one attached hydrogen (secondary N) is 1. The molecule has 0 unspecified atom stereocenters. The van der Waals surface area contributed by atoms with Crippen molar-refractivity contribution in [2.75, 3.05) is 20.2 Å². The Bertz CT molecular complexity index is 586. The summed E-state index contributed by atoms with van der Waals surface area (Å²) in [6.45, 7) is 1.90. The van der Waals surface area contributed by atoms with Gasteiger partial charge in [0, 0.05) is 35.2 Å². The maximum Gasteiger partial charge on any atom is 0.317 e. The number of aliphatic carboxylic acids is 1. The lowest BCUT2D eigenvalue weighted by Crippen LogP contribution is -2.54. The van der Waals surface area contributed by atoms with E-state index in [0.29, 0.717) is 12.1 Å². The zero-order valence-electron chi connectivity index (χ0n) is 14.0. The smallest absolute Gasteiger partial charge is 0.317 e. The lowest BCUT2D eigenvalue weighted by molar-refractivity contribution is -0.139. The molecule has 2 saturated carbocycles. The fourth-order valence-corrected chi connectivity index (χ4v) is 3.66. The molecule has 0 spiro atoms. The van der Waals surface area contributed by atoms with Crippen molar-refractivity contribution >= 4 is 21.9 Å². The van der Waals surface area contributed by atoms with Gasteiger partial charge in [-0.1, -0.05) is 22.0 Å². The molecule has 0 aliphatic heterocycles. The van der Waals surface area contributed by atoms with Gasteiger partial charge in [-0.25, -0.2) is 0 Å². The van der Waals surface area contributed by atoms with E-state index in [2.05, 4.69) is 32.2 Å². The molecule has 0 bridgehead atoms. The third-order valence-corrected chi connectivity index (χ3v) is 5.48. The van der Waals surface area contributed by atoms with Crippen LogP contribution in [0.5, 0.6) is 5.75 Å². The predicted octanol–water partition coefficient (Wildman–Crippen LogP) is 2.87. The highest BCUT2D eigenvalue weighted by molar-refractivity contribution is 9.10. The number of benzene rings is 1. The largest absolute Gasteiger partial charge is 0.496 e. The highest BCUT2D eigenvalue weighted by atomic mass is 79.9. The molecule has 3 rings (SSSR count). The molecule has 1 aromatic carbocycles. The third kappa shape index (κ3) is 4.71. The predicted molar refractivity (Wildman–Crippen MR) is 96.3 cm³/mol. The number of carboxylic acid groups (broad SMARTS) is 1. The Hall–Kier alpha value is -1.11. The first-order chi connectivity index (χ1) is 11.5. The first-order valence-electron chi connectivity index (χ1n) is 8.56. The zero-order valence-corrected chi connectivity index (χ0v) is 15.6. The monoisotopic (exact) mass is 396 g/mol. The minimum atomic E-state index is -0.716. The van der Waals surface area contributed by atoms with Crippen molar-refractivity contribution < 1.29 is 14.6 Å². The molecular formula is C18H25BrN2O3.